The normalized spacial score (nSPS) is 35.1. The van der Waals surface area contributed by atoms with Gasteiger partial charge in [-0.05, 0) is 18.8 Å². The Morgan fingerprint density at radius 2 is 2.36 bits per heavy atom. The van der Waals surface area contributed by atoms with Crippen molar-refractivity contribution in [2.24, 2.45) is 10.9 Å². The van der Waals surface area contributed by atoms with Crippen molar-refractivity contribution in [2.75, 3.05) is 0 Å². The molecule has 1 N–H and O–H groups in total. The summed E-state index contributed by atoms with van der Waals surface area (Å²) in [4.78, 5) is 14.7. The lowest BCUT2D eigenvalue weighted by Gasteiger charge is -2.02. The molecule has 1 saturated carbocycles. The summed E-state index contributed by atoms with van der Waals surface area (Å²) in [6.07, 6.45) is 4.21. The van der Waals surface area contributed by atoms with Crippen LogP contribution in [0.15, 0.2) is 4.99 Å². The number of carboxylic acids is 1. The summed E-state index contributed by atoms with van der Waals surface area (Å²) >= 11 is 0. The van der Waals surface area contributed by atoms with Crippen molar-refractivity contribution < 1.29 is 9.90 Å². The van der Waals surface area contributed by atoms with Crippen molar-refractivity contribution in [3.05, 3.63) is 0 Å². The van der Waals surface area contributed by atoms with Gasteiger partial charge in [0.15, 0.2) is 0 Å². The maximum Gasteiger partial charge on any atom is 0.349 e. The molecule has 0 aromatic heterocycles. The van der Waals surface area contributed by atoms with E-state index in [1.807, 2.05) is 0 Å². The van der Waals surface area contributed by atoms with Gasteiger partial charge in [-0.15, -0.1) is 0 Å². The zero-order chi connectivity index (χ0) is 7.84. The molecular formula is C8H11NO2. The Morgan fingerprint density at radius 3 is 3.00 bits per heavy atom. The third-order valence-corrected chi connectivity index (χ3v) is 2.64. The fourth-order valence-corrected chi connectivity index (χ4v) is 2.07. The van der Waals surface area contributed by atoms with Crippen LogP contribution in [0.4, 0.5) is 0 Å². The first-order valence-corrected chi connectivity index (χ1v) is 4.07. The molecule has 2 unspecified atom stereocenters. The standard InChI is InChI=1S/C8H11NO2/c10-8(11)7-4-5-2-1-3-6(5)9-7/h5-6H,1-4H2,(H,10,11). The summed E-state index contributed by atoms with van der Waals surface area (Å²) in [5.74, 6) is -0.263. The van der Waals surface area contributed by atoms with Crippen LogP contribution in [-0.2, 0) is 4.79 Å². The maximum absolute atomic E-state index is 10.5. The molecule has 0 bridgehead atoms. The van der Waals surface area contributed by atoms with E-state index in [2.05, 4.69) is 4.99 Å². The smallest absolute Gasteiger partial charge is 0.349 e. The van der Waals surface area contributed by atoms with E-state index in [9.17, 15) is 4.79 Å². The highest BCUT2D eigenvalue weighted by atomic mass is 16.4. The third kappa shape index (κ3) is 1.04. The third-order valence-electron chi connectivity index (χ3n) is 2.64. The van der Waals surface area contributed by atoms with Gasteiger partial charge in [-0.1, -0.05) is 6.42 Å². The SMILES string of the molecule is O=C(O)C1=NC2CCCC2C1. The molecule has 1 aliphatic heterocycles. The van der Waals surface area contributed by atoms with Gasteiger partial charge in [-0.2, -0.15) is 0 Å². The number of nitrogens with zero attached hydrogens (tertiary/aromatic N) is 1. The van der Waals surface area contributed by atoms with Crippen molar-refractivity contribution >= 4 is 11.7 Å². The lowest BCUT2D eigenvalue weighted by molar-refractivity contribution is -0.129. The number of hydrogen-bond donors (Lipinski definition) is 1. The number of aliphatic imine (C=N–C) groups is 1. The van der Waals surface area contributed by atoms with Gasteiger partial charge in [-0.3, -0.25) is 4.99 Å². The lowest BCUT2D eigenvalue weighted by Crippen LogP contribution is -2.11. The van der Waals surface area contributed by atoms with Crippen LogP contribution in [0.1, 0.15) is 25.7 Å². The number of carbonyl (C=O) groups is 1. The van der Waals surface area contributed by atoms with Crippen molar-refractivity contribution in [1.82, 2.24) is 0 Å². The van der Waals surface area contributed by atoms with Gasteiger partial charge >= 0.3 is 5.97 Å². The van der Waals surface area contributed by atoms with E-state index in [1.54, 1.807) is 0 Å². The second-order valence-corrected chi connectivity index (χ2v) is 3.34. The molecule has 11 heavy (non-hydrogen) atoms. The van der Waals surface area contributed by atoms with Crippen LogP contribution in [0.5, 0.6) is 0 Å². The molecule has 2 rings (SSSR count). The molecule has 3 nitrogen and oxygen atoms in total. The van der Waals surface area contributed by atoms with Crippen molar-refractivity contribution in [2.45, 2.75) is 31.7 Å². The summed E-state index contributed by atoms with van der Waals surface area (Å²) in [6.45, 7) is 0. The molecule has 60 valence electrons. The first kappa shape index (κ1) is 6.83. The van der Waals surface area contributed by atoms with Crippen LogP contribution >= 0.6 is 0 Å². The number of aliphatic carboxylic acids is 1. The van der Waals surface area contributed by atoms with Crippen LogP contribution < -0.4 is 0 Å². The van der Waals surface area contributed by atoms with E-state index in [0.717, 1.165) is 6.42 Å². The average Bonchev–Trinajstić information content (AvgIpc) is 2.40. The summed E-state index contributed by atoms with van der Waals surface area (Å²) in [5.41, 5.74) is 0.403. The van der Waals surface area contributed by atoms with Crippen LogP contribution in [0, 0.1) is 5.92 Å². The van der Waals surface area contributed by atoms with E-state index in [0.29, 0.717) is 24.1 Å². The number of rotatable bonds is 1. The molecular weight excluding hydrogens is 142 g/mol. The van der Waals surface area contributed by atoms with Gasteiger partial charge in [0.2, 0.25) is 0 Å². The Balaban J connectivity index is 2.13. The number of carboxylic acid groups (broad SMARTS) is 1. The van der Waals surface area contributed by atoms with Crippen LogP contribution in [-0.4, -0.2) is 22.8 Å². The van der Waals surface area contributed by atoms with Gasteiger partial charge in [0.1, 0.15) is 5.71 Å². The molecule has 0 radical (unpaired) electrons. The first-order valence-electron chi connectivity index (χ1n) is 4.07. The largest absolute Gasteiger partial charge is 0.477 e. The predicted molar refractivity (Wildman–Crippen MR) is 40.8 cm³/mol. The minimum atomic E-state index is -0.820. The highest BCUT2D eigenvalue weighted by Crippen LogP contribution is 2.35. The van der Waals surface area contributed by atoms with Crippen molar-refractivity contribution in [3.8, 4) is 0 Å². The average molecular weight is 153 g/mol. The zero-order valence-electron chi connectivity index (χ0n) is 6.29. The Kier molecular flexibility index (Phi) is 1.44. The summed E-state index contributed by atoms with van der Waals surface area (Å²) in [6, 6.07) is 0.348. The summed E-state index contributed by atoms with van der Waals surface area (Å²) in [7, 11) is 0. The van der Waals surface area contributed by atoms with Crippen molar-refractivity contribution in [3.63, 3.8) is 0 Å². The molecule has 1 aliphatic carbocycles. The van der Waals surface area contributed by atoms with Gasteiger partial charge in [0.05, 0.1) is 6.04 Å². The molecule has 2 aliphatic rings. The topological polar surface area (TPSA) is 49.7 Å². The highest BCUT2D eigenvalue weighted by Gasteiger charge is 2.35. The first-order chi connectivity index (χ1) is 5.27. The molecule has 1 heterocycles. The van der Waals surface area contributed by atoms with E-state index >= 15 is 0 Å². The molecule has 1 fully saturated rings. The van der Waals surface area contributed by atoms with Crippen LogP contribution in [0.2, 0.25) is 0 Å². The Bertz CT molecular complexity index is 222. The predicted octanol–water partition coefficient (Wildman–Crippen LogP) is 1.08. The van der Waals surface area contributed by atoms with Gasteiger partial charge in [0.25, 0.3) is 0 Å². The lowest BCUT2D eigenvalue weighted by atomic mass is 10.0. The second-order valence-electron chi connectivity index (χ2n) is 3.34. The number of hydrogen-bond acceptors (Lipinski definition) is 2. The summed E-state index contributed by atoms with van der Waals surface area (Å²) in [5, 5.41) is 8.64. The Hall–Kier alpha value is -0.860. The molecule has 0 spiro atoms. The van der Waals surface area contributed by atoms with Crippen molar-refractivity contribution in [1.29, 1.82) is 0 Å². The fourth-order valence-electron chi connectivity index (χ4n) is 2.07. The summed E-state index contributed by atoms with van der Waals surface area (Å²) < 4.78 is 0. The zero-order valence-corrected chi connectivity index (χ0v) is 6.29. The molecule has 0 amide bonds. The fraction of sp³-hybridized carbons (Fsp3) is 0.750. The van der Waals surface area contributed by atoms with Crippen LogP contribution in [0.3, 0.4) is 0 Å². The van der Waals surface area contributed by atoms with Gasteiger partial charge in [0, 0.05) is 6.42 Å². The maximum atomic E-state index is 10.5. The van der Waals surface area contributed by atoms with Gasteiger partial charge < -0.3 is 5.11 Å². The van der Waals surface area contributed by atoms with E-state index in [1.165, 1.54) is 12.8 Å². The highest BCUT2D eigenvalue weighted by molar-refractivity contribution is 6.36. The van der Waals surface area contributed by atoms with E-state index < -0.39 is 5.97 Å². The molecule has 0 aromatic carbocycles. The Morgan fingerprint density at radius 1 is 1.55 bits per heavy atom. The minimum Gasteiger partial charge on any atom is -0.477 e. The van der Waals surface area contributed by atoms with Crippen LogP contribution in [0.25, 0.3) is 0 Å². The van der Waals surface area contributed by atoms with E-state index in [-0.39, 0.29) is 0 Å². The monoisotopic (exact) mass is 153 g/mol. The minimum absolute atomic E-state index is 0.348. The Labute approximate surface area is 65.1 Å². The molecule has 0 aromatic rings. The molecule has 0 saturated heterocycles. The molecule has 2 atom stereocenters. The second kappa shape index (κ2) is 2.32. The van der Waals surface area contributed by atoms with E-state index in [4.69, 9.17) is 5.11 Å². The van der Waals surface area contributed by atoms with Gasteiger partial charge in [-0.25, -0.2) is 4.79 Å². The quantitative estimate of drug-likeness (QED) is 0.612. The molecule has 3 heteroatoms. The number of fused-ring (bicyclic) bond motifs is 1.